The Hall–Kier alpha value is -2.01. The predicted molar refractivity (Wildman–Crippen MR) is 77.7 cm³/mol. The number of benzene rings is 1. The molecule has 0 spiro atoms. The van der Waals surface area contributed by atoms with Crippen LogP contribution in [-0.2, 0) is 11.2 Å². The minimum Gasteiger partial charge on any atom is -0.300 e. The third-order valence-corrected chi connectivity index (χ3v) is 3.12. The van der Waals surface area contributed by atoms with Gasteiger partial charge in [-0.05, 0) is 24.5 Å². The van der Waals surface area contributed by atoms with Crippen molar-refractivity contribution in [2.75, 3.05) is 5.48 Å². The molecule has 5 heteroatoms. The molecule has 1 aromatic carbocycles. The molecule has 0 aliphatic rings. The molecule has 20 heavy (non-hydrogen) atoms. The molecule has 0 saturated heterocycles. The zero-order chi connectivity index (χ0) is 14.8. The highest BCUT2D eigenvalue weighted by Crippen LogP contribution is 2.27. The molecule has 0 fully saturated rings. The summed E-state index contributed by atoms with van der Waals surface area (Å²) < 4.78 is 0. The predicted octanol–water partition coefficient (Wildman–Crippen LogP) is 2.98. The highest BCUT2D eigenvalue weighted by molar-refractivity contribution is 5.88. The SMILES string of the molecule is CC(=O)CC(C)(C)Cc1nc(NO)c2ccccc2n1. The molecular formula is C15H19N3O2. The second-order valence-electron chi connectivity index (χ2n) is 5.84. The van der Waals surface area contributed by atoms with Crippen LogP contribution in [0.25, 0.3) is 10.9 Å². The largest absolute Gasteiger partial charge is 0.300 e. The number of hydrogen-bond acceptors (Lipinski definition) is 5. The van der Waals surface area contributed by atoms with Crippen molar-refractivity contribution in [1.29, 1.82) is 0 Å². The van der Waals surface area contributed by atoms with E-state index in [0.29, 0.717) is 24.5 Å². The molecule has 2 N–H and O–H groups in total. The van der Waals surface area contributed by atoms with Gasteiger partial charge in [-0.3, -0.25) is 10.7 Å². The summed E-state index contributed by atoms with van der Waals surface area (Å²) in [5, 5.41) is 9.98. The molecule has 0 amide bonds. The number of ketones is 1. The Bertz CT molecular complexity index is 638. The van der Waals surface area contributed by atoms with Crippen LogP contribution < -0.4 is 5.48 Å². The van der Waals surface area contributed by atoms with Gasteiger partial charge in [0.25, 0.3) is 0 Å². The number of carbonyl (C=O) groups excluding carboxylic acids is 1. The van der Waals surface area contributed by atoms with Crippen molar-refractivity contribution in [2.24, 2.45) is 5.41 Å². The summed E-state index contributed by atoms with van der Waals surface area (Å²) in [7, 11) is 0. The molecule has 0 aliphatic heterocycles. The smallest absolute Gasteiger partial charge is 0.161 e. The first-order chi connectivity index (χ1) is 9.41. The summed E-state index contributed by atoms with van der Waals surface area (Å²) in [5.74, 6) is 1.16. The van der Waals surface area contributed by atoms with Crippen LogP contribution in [0.5, 0.6) is 0 Å². The van der Waals surface area contributed by atoms with Crippen molar-refractivity contribution in [2.45, 2.75) is 33.6 Å². The lowest BCUT2D eigenvalue weighted by Crippen LogP contribution is -2.20. The third-order valence-electron chi connectivity index (χ3n) is 3.12. The van der Waals surface area contributed by atoms with Gasteiger partial charge in [-0.25, -0.2) is 9.97 Å². The Morgan fingerprint density at radius 1 is 1.30 bits per heavy atom. The van der Waals surface area contributed by atoms with Crippen molar-refractivity contribution in [1.82, 2.24) is 9.97 Å². The lowest BCUT2D eigenvalue weighted by Gasteiger charge is -2.22. The van der Waals surface area contributed by atoms with Gasteiger partial charge >= 0.3 is 0 Å². The Labute approximate surface area is 118 Å². The van der Waals surface area contributed by atoms with Gasteiger partial charge in [0.2, 0.25) is 0 Å². The summed E-state index contributed by atoms with van der Waals surface area (Å²) in [6.45, 7) is 5.61. The molecular weight excluding hydrogens is 254 g/mol. The van der Waals surface area contributed by atoms with Crippen molar-refractivity contribution in [3.63, 3.8) is 0 Å². The van der Waals surface area contributed by atoms with Gasteiger partial charge < -0.3 is 4.79 Å². The molecule has 2 rings (SSSR count). The van der Waals surface area contributed by atoms with Gasteiger partial charge in [-0.2, -0.15) is 0 Å². The van der Waals surface area contributed by atoms with E-state index < -0.39 is 0 Å². The Morgan fingerprint density at radius 2 is 2.00 bits per heavy atom. The van der Waals surface area contributed by atoms with Crippen LogP contribution in [0.1, 0.15) is 33.0 Å². The maximum absolute atomic E-state index is 11.3. The monoisotopic (exact) mass is 273 g/mol. The van der Waals surface area contributed by atoms with Gasteiger partial charge in [0.15, 0.2) is 5.82 Å². The van der Waals surface area contributed by atoms with Crippen LogP contribution in [0.4, 0.5) is 5.82 Å². The van der Waals surface area contributed by atoms with E-state index >= 15 is 0 Å². The van der Waals surface area contributed by atoms with Crippen LogP contribution in [0.2, 0.25) is 0 Å². The highest BCUT2D eigenvalue weighted by Gasteiger charge is 2.22. The molecule has 2 aromatic rings. The van der Waals surface area contributed by atoms with Crippen LogP contribution in [-0.4, -0.2) is 21.0 Å². The minimum absolute atomic E-state index is 0.149. The van der Waals surface area contributed by atoms with E-state index in [0.717, 1.165) is 10.9 Å². The number of fused-ring (bicyclic) bond motifs is 1. The van der Waals surface area contributed by atoms with E-state index in [-0.39, 0.29) is 11.2 Å². The number of Topliss-reactive ketones (excluding diaryl/α,β-unsaturated/α-hetero) is 1. The van der Waals surface area contributed by atoms with E-state index in [2.05, 4.69) is 15.4 Å². The van der Waals surface area contributed by atoms with Crippen molar-refractivity contribution in [3.05, 3.63) is 30.1 Å². The van der Waals surface area contributed by atoms with Crippen LogP contribution in [0.15, 0.2) is 24.3 Å². The van der Waals surface area contributed by atoms with Gasteiger partial charge in [0, 0.05) is 18.2 Å². The van der Waals surface area contributed by atoms with Crippen molar-refractivity contribution < 1.29 is 10.0 Å². The van der Waals surface area contributed by atoms with E-state index in [1.54, 1.807) is 6.92 Å². The number of nitrogens with zero attached hydrogens (tertiary/aromatic N) is 2. The average Bonchev–Trinajstić information content (AvgIpc) is 2.35. The van der Waals surface area contributed by atoms with Crippen molar-refractivity contribution in [3.8, 4) is 0 Å². The lowest BCUT2D eigenvalue weighted by molar-refractivity contribution is -0.118. The number of anilines is 1. The number of nitrogens with one attached hydrogen (secondary N) is 1. The minimum atomic E-state index is -0.207. The van der Waals surface area contributed by atoms with E-state index in [4.69, 9.17) is 0 Å². The van der Waals surface area contributed by atoms with Crippen LogP contribution in [0, 0.1) is 5.41 Å². The van der Waals surface area contributed by atoms with E-state index in [1.165, 1.54) is 0 Å². The molecule has 0 aliphatic carbocycles. The number of carbonyl (C=O) groups is 1. The first-order valence-corrected chi connectivity index (χ1v) is 6.56. The topological polar surface area (TPSA) is 75.1 Å². The molecule has 5 nitrogen and oxygen atoms in total. The van der Waals surface area contributed by atoms with Gasteiger partial charge in [0.05, 0.1) is 5.52 Å². The van der Waals surface area contributed by atoms with Gasteiger partial charge in [-0.15, -0.1) is 0 Å². The normalized spacial score (nSPS) is 11.6. The second-order valence-corrected chi connectivity index (χ2v) is 5.84. The molecule has 0 atom stereocenters. The molecule has 0 saturated carbocycles. The van der Waals surface area contributed by atoms with Crippen LogP contribution >= 0.6 is 0 Å². The summed E-state index contributed by atoms with van der Waals surface area (Å²) in [5.41, 5.74) is 2.68. The average molecular weight is 273 g/mol. The zero-order valence-corrected chi connectivity index (χ0v) is 12.0. The Kier molecular flexibility index (Phi) is 3.99. The summed E-state index contributed by atoms with van der Waals surface area (Å²) in [4.78, 5) is 20.1. The third kappa shape index (κ3) is 3.30. The van der Waals surface area contributed by atoms with E-state index in [9.17, 15) is 10.0 Å². The highest BCUT2D eigenvalue weighted by atomic mass is 16.5. The van der Waals surface area contributed by atoms with Crippen molar-refractivity contribution >= 4 is 22.5 Å². The first kappa shape index (κ1) is 14.4. The standard InChI is InChI=1S/C15H19N3O2/c1-10(19)8-15(2,3)9-13-16-12-7-5-4-6-11(12)14(17-13)18-20/h4-7,20H,8-9H2,1-3H3,(H,16,17,18). The second kappa shape index (κ2) is 5.54. The fraction of sp³-hybridized carbons (Fsp3) is 0.400. The summed E-state index contributed by atoms with van der Waals surface area (Å²) in [6, 6.07) is 7.48. The van der Waals surface area contributed by atoms with Gasteiger partial charge in [0.1, 0.15) is 11.6 Å². The molecule has 1 heterocycles. The first-order valence-electron chi connectivity index (χ1n) is 6.56. The fourth-order valence-corrected chi connectivity index (χ4v) is 2.45. The number of para-hydroxylation sites is 1. The van der Waals surface area contributed by atoms with Gasteiger partial charge in [-0.1, -0.05) is 26.0 Å². The molecule has 106 valence electrons. The number of aromatic nitrogens is 2. The summed E-state index contributed by atoms with van der Waals surface area (Å²) in [6.07, 6.45) is 1.05. The zero-order valence-electron chi connectivity index (χ0n) is 12.0. The Morgan fingerprint density at radius 3 is 2.65 bits per heavy atom. The Balaban J connectivity index is 2.38. The van der Waals surface area contributed by atoms with Crippen LogP contribution in [0.3, 0.4) is 0 Å². The summed E-state index contributed by atoms with van der Waals surface area (Å²) >= 11 is 0. The quantitative estimate of drug-likeness (QED) is 0.819. The molecule has 0 radical (unpaired) electrons. The number of hydrogen-bond donors (Lipinski definition) is 2. The fourth-order valence-electron chi connectivity index (χ4n) is 2.45. The molecule has 0 bridgehead atoms. The molecule has 1 aromatic heterocycles. The van der Waals surface area contributed by atoms with E-state index in [1.807, 2.05) is 38.1 Å². The maximum atomic E-state index is 11.3. The number of rotatable bonds is 5. The maximum Gasteiger partial charge on any atom is 0.161 e. The lowest BCUT2D eigenvalue weighted by atomic mass is 9.84. The molecule has 0 unspecified atom stereocenters.